The average molecular weight is 388 g/mol. The van der Waals surface area contributed by atoms with E-state index < -0.39 is 12.0 Å². The molecule has 0 amide bonds. The summed E-state index contributed by atoms with van der Waals surface area (Å²) >= 11 is 0. The molecule has 0 aliphatic carbocycles. The van der Waals surface area contributed by atoms with Gasteiger partial charge >= 0.3 is 24.8 Å². The third-order valence-corrected chi connectivity index (χ3v) is 3.78. The maximum atomic E-state index is 11.6. The molecule has 2 aromatic rings. The molecule has 0 saturated heterocycles. The molecule has 0 bridgehead atoms. The molecule has 2 aromatic carbocycles. The topological polar surface area (TPSA) is 144 Å². The van der Waals surface area contributed by atoms with Gasteiger partial charge in [-0.15, -0.1) is 5.75 Å². The summed E-state index contributed by atoms with van der Waals surface area (Å²) in [6.45, 7) is 0.279. The molecule has 1 unspecified atom stereocenters. The van der Waals surface area contributed by atoms with Crippen molar-refractivity contribution < 1.29 is 39.0 Å². The number of aliphatic carboxylic acids is 1. The van der Waals surface area contributed by atoms with Crippen molar-refractivity contribution in [1.82, 2.24) is 0 Å². The molecule has 4 N–H and O–H groups in total. The number of carboxylic acids is 1. The molecule has 0 spiro atoms. The predicted octanol–water partition coefficient (Wildman–Crippen LogP) is -1.44. The normalized spacial score (nSPS) is 12.8. The van der Waals surface area contributed by atoms with E-state index in [4.69, 9.17) is 5.73 Å². The van der Waals surface area contributed by atoms with Crippen molar-refractivity contribution in [1.29, 1.82) is 0 Å². The van der Waals surface area contributed by atoms with E-state index in [1.807, 2.05) is 0 Å². The van der Waals surface area contributed by atoms with Gasteiger partial charge in [0.1, 0.15) is 11.8 Å². The molecule has 9 heteroatoms. The minimum Gasteiger partial charge on any atom is -0.872 e. The van der Waals surface area contributed by atoms with E-state index in [1.165, 1.54) is 24.6 Å². The van der Waals surface area contributed by atoms with Crippen LogP contribution in [0.4, 0.5) is 0 Å². The van der Waals surface area contributed by atoms with Crippen LogP contribution in [0.5, 0.6) is 11.5 Å². The number of nitrogens with zero attached hydrogens (tertiary/aromatic N) is 3. The van der Waals surface area contributed by atoms with Crippen LogP contribution in [0.1, 0.15) is 24.0 Å². The Bertz CT molecular complexity index is 900. The van der Waals surface area contributed by atoms with Crippen molar-refractivity contribution >= 4 is 24.4 Å². The Morgan fingerprint density at radius 3 is 2.41 bits per heavy atom. The predicted molar refractivity (Wildman–Crippen MR) is 106 cm³/mol. The fourth-order valence-electron chi connectivity index (χ4n) is 2.27. The number of hydrogen-bond acceptors (Lipinski definition) is 5. The van der Waals surface area contributed by atoms with Gasteiger partial charge in [-0.1, -0.05) is 36.4 Å². The molecule has 29 heavy (non-hydrogen) atoms. The molecule has 0 aliphatic heterocycles. The summed E-state index contributed by atoms with van der Waals surface area (Å²) in [5, 5.41) is 30.5. The van der Waals surface area contributed by atoms with Crippen LogP contribution < -0.4 is 29.7 Å². The first-order valence-corrected chi connectivity index (χ1v) is 8.61. The number of phenols is 1. The van der Waals surface area contributed by atoms with E-state index >= 15 is 0 Å². The number of rotatable bonds is 8. The SMILES string of the molecule is NC(N=Cc1ccccc1O)=NCCCC(N=Cc1ccccc1[O-])C(=O)O.[Li+]. The van der Waals surface area contributed by atoms with Crippen molar-refractivity contribution in [2.75, 3.05) is 6.54 Å². The standard InChI is InChI=1S/C20H22N4O4.Li/c21-20(24-13-15-7-2-4-10-18(15)26)22-11-5-8-16(19(27)28)23-12-14-6-1-3-9-17(14)25;/h1-4,6-7,9-10,12-13,16,25-26H,5,8,11H2,(H2,21,22)(H,27,28);/q;+1/p-1. The number of hydrogen-bond donors (Lipinski definition) is 3. The smallest absolute Gasteiger partial charge is 0.872 e. The summed E-state index contributed by atoms with van der Waals surface area (Å²) < 4.78 is 0. The molecule has 0 heterocycles. The molecule has 8 nitrogen and oxygen atoms in total. The van der Waals surface area contributed by atoms with Crippen molar-refractivity contribution in [3.63, 3.8) is 0 Å². The van der Waals surface area contributed by atoms with Gasteiger partial charge in [0.2, 0.25) is 5.96 Å². The Hall–Kier alpha value is -3.08. The quantitative estimate of drug-likeness (QED) is 0.219. The first-order chi connectivity index (χ1) is 13.5. The summed E-state index contributed by atoms with van der Waals surface area (Å²) in [5.74, 6) is -1.18. The van der Waals surface area contributed by atoms with Crippen molar-refractivity contribution in [2.24, 2.45) is 20.7 Å². The van der Waals surface area contributed by atoms with Crippen LogP contribution in [-0.4, -0.2) is 47.2 Å². The zero-order valence-electron chi connectivity index (χ0n) is 16.1. The Balaban J connectivity index is 0.00000420. The van der Waals surface area contributed by atoms with Gasteiger partial charge < -0.3 is 21.1 Å². The maximum Gasteiger partial charge on any atom is 1.00 e. The zero-order valence-corrected chi connectivity index (χ0v) is 16.1. The summed E-state index contributed by atoms with van der Waals surface area (Å²) in [5.41, 5.74) is 6.55. The zero-order chi connectivity index (χ0) is 20.4. The molecule has 1 atom stereocenters. The van der Waals surface area contributed by atoms with E-state index in [9.17, 15) is 20.1 Å². The molecule has 0 fully saturated rings. The molecule has 0 aromatic heterocycles. The number of benzene rings is 2. The first-order valence-electron chi connectivity index (χ1n) is 8.61. The fraction of sp³-hybridized carbons (Fsp3) is 0.200. The number of carboxylic acid groups (broad SMARTS) is 1. The van der Waals surface area contributed by atoms with Crippen LogP contribution in [0, 0.1) is 0 Å². The van der Waals surface area contributed by atoms with Gasteiger partial charge in [-0.3, -0.25) is 9.98 Å². The van der Waals surface area contributed by atoms with E-state index in [0.29, 0.717) is 17.5 Å². The van der Waals surface area contributed by atoms with Gasteiger partial charge in [-0.25, -0.2) is 9.79 Å². The van der Waals surface area contributed by atoms with E-state index in [2.05, 4.69) is 15.0 Å². The number of aromatic hydroxyl groups is 1. The molecule has 0 aliphatic rings. The summed E-state index contributed by atoms with van der Waals surface area (Å²) in [4.78, 5) is 23.3. The molecular formula is C20H21LiN4O4. The Morgan fingerprint density at radius 2 is 1.76 bits per heavy atom. The largest absolute Gasteiger partial charge is 1.00 e. The van der Waals surface area contributed by atoms with Gasteiger partial charge in [0.15, 0.2) is 0 Å². The van der Waals surface area contributed by atoms with Gasteiger partial charge in [0.25, 0.3) is 0 Å². The van der Waals surface area contributed by atoms with E-state index in [-0.39, 0.29) is 49.3 Å². The number of phenolic OH excluding ortho intramolecular Hbond substituents is 1. The average Bonchev–Trinajstić information content (AvgIpc) is 2.67. The number of para-hydroxylation sites is 2. The number of nitrogens with two attached hydrogens (primary N) is 1. The van der Waals surface area contributed by atoms with Crippen molar-refractivity contribution in [2.45, 2.75) is 18.9 Å². The van der Waals surface area contributed by atoms with Crippen LogP contribution in [-0.2, 0) is 4.79 Å². The van der Waals surface area contributed by atoms with Crippen LogP contribution in [0.25, 0.3) is 0 Å². The molecular weight excluding hydrogens is 367 g/mol. The van der Waals surface area contributed by atoms with Gasteiger partial charge in [0, 0.05) is 24.5 Å². The van der Waals surface area contributed by atoms with Crippen LogP contribution >= 0.6 is 0 Å². The number of carbonyl (C=O) groups is 1. The summed E-state index contributed by atoms with van der Waals surface area (Å²) in [7, 11) is 0. The maximum absolute atomic E-state index is 11.6. The Kier molecular flexibility index (Phi) is 10.2. The number of aliphatic imine (C=N–C) groups is 3. The molecule has 2 rings (SSSR count). The van der Waals surface area contributed by atoms with Crippen molar-refractivity contribution in [3.05, 3.63) is 59.7 Å². The van der Waals surface area contributed by atoms with E-state index in [1.54, 1.807) is 36.4 Å². The molecule has 0 saturated carbocycles. The van der Waals surface area contributed by atoms with Crippen molar-refractivity contribution in [3.8, 4) is 11.5 Å². The minimum absolute atomic E-state index is 0. The Labute approximate surface area is 180 Å². The molecule has 0 radical (unpaired) electrons. The number of guanidine groups is 1. The second-order valence-electron chi connectivity index (χ2n) is 5.87. The van der Waals surface area contributed by atoms with Crippen LogP contribution in [0.15, 0.2) is 63.5 Å². The summed E-state index contributed by atoms with van der Waals surface area (Å²) in [6, 6.07) is 12.0. The minimum atomic E-state index is -1.07. The van der Waals surface area contributed by atoms with Crippen LogP contribution in [0.3, 0.4) is 0 Å². The Morgan fingerprint density at radius 1 is 1.10 bits per heavy atom. The van der Waals surface area contributed by atoms with Crippen LogP contribution in [0.2, 0.25) is 0 Å². The fourth-order valence-corrected chi connectivity index (χ4v) is 2.27. The first kappa shape index (κ1) is 24.0. The third kappa shape index (κ3) is 8.21. The summed E-state index contributed by atoms with van der Waals surface area (Å²) in [6.07, 6.45) is 3.36. The third-order valence-electron chi connectivity index (χ3n) is 3.78. The van der Waals surface area contributed by atoms with Gasteiger partial charge in [-0.2, -0.15) is 0 Å². The second-order valence-corrected chi connectivity index (χ2v) is 5.87. The second kappa shape index (κ2) is 12.4. The van der Waals surface area contributed by atoms with Gasteiger partial charge in [-0.05, 0) is 30.5 Å². The monoisotopic (exact) mass is 388 g/mol. The van der Waals surface area contributed by atoms with E-state index in [0.717, 1.165) is 0 Å². The van der Waals surface area contributed by atoms with Gasteiger partial charge in [0.05, 0.1) is 0 Å². The molecule has 146 valence electrons.